The number of benzene rings is 1. The number of carbonyl (C=O) groups is 1. The largest absolute Gasteiger partial charge is 0.478 e. The second-order valence-electron chi connectivity index (χ2n) is 5.12. The van der Waals surface area contributed by atoms with Crippen LogP contribution in [0.5, 0.6) is 0 Å². The lowest BCUT2D eigenvalue weighted by Crippen LogP contribution is -2.17. The van der Waals surface area contributed by atoms with Gasteiger partial charge in [-0.15, -0.1) is 11.8 Å². The molecule has 21 heavy (non-hydrogen) atoms. The first-order valence-electron chi connectivity index (χ1n) is 7.57. The van der Waals surface area contributed by atoms with Crippen molar-refractivity contribution in [1.29, 1.82) is 0 Å². The second kappa shape index (κ2) is 8.29. The normalized spacial score (nSPS) is 15.3. The highest BCUT2D eigenvalue weighted by Crippen LogP contribution is 2.28. The Morgan fingerprint density at radius 3 is 2.86 bits per heavy atom. The van der Waals surface area contributed by atoms with E-state index in [2.05, 4.69) is 5.32 Å². The van der Waals surface area contributed by atoms with Gasteiger partial charge in [-0.05, 0) is 30.7 Å². The molecule has 0 atom stereocenters. The monoisotopic (exact) mass is 309 g/mol. The molecule has 0 spiro atoms. The lowest BCUT2D eigenvalue weighted by atomic mass is 10.2. The van der Waals surface area contributed by atoms with Crippen LogP contribution in [0, 0.1) is 0 Å². The van der Waals surface area contributed by atoms with E-state index >= 15 is 0 Å². The summed E-state index contributed by atoms with van der Waals surface area (Å²) in [6.07, 6.45) is 5.23. The summed E-state index contributed by atoms with van der Waals surface area (Å²) in [6.45, 7) is 3.28. The highest BCUT2D eigenvalue weighted by atomic mass is 32.2. The van der Waals surface area contributed by atoms with Crippen molar-refractivity contribution >= 4 is 23.4 Å². The number of thioether (sulfide) groups is 1. The summed E-state index contributed by atoms with van der Waals surface area (Å²) < 4.78 is 5.79. The highest BCUT2D eigenvalue weighted by Gasteiger charge is 2.16. The molecular formula is C16H23NO3S. The standard InChI is InChI=1S/C16H23NO3S/c1-2-21-14-9-5-8-13(15(14)16(18)19)17-10-11-20-12-6-3-4-7-12/h5,8-9,12,17H,2-4,6-7,10-11H2,1H3,(H,18,19). The Morgan fingerprint density at radius 1 is 1.43 bits per heavy atom. The van der Waals surface area contributed by atoms with Crippen LogP contribution in [-0.4, -0.2) is 36.1 Å². The Morgan fingerprint density at radius 2 is 2.19 bits per heavy atom. The van der Waals surface area contributed by atoms with Gasteiger partial charge in [-0.2, -0.15) is 0 Å². The number of carboxylic acids is 1. The first-order chi connectivity index (χ1) is 10.2. The van der Waals surface area contributed by atoms with Crippen LogP contribution in [-0.2, 0) is 4.74 Å². The Labute approximate surface area is 130 Å². The van der Waals surface area contributed by atoms with Gasteiger partial charge in [-0.1, -0.05) is 25.8 Å². The molecule has 1 aromatic carbocycles. The molecule has 2 rings (SSSR count). The van der Waals surface area contributed by atoms with Crippen LogP contribution < -0.4 is 5.32 Å². The van der Waals surface area contributed by atoms with Crippen molar-refractivity contribution in [3.05, 3.63) is 23.8 Å². The lowest BCUT2D eigenvalue weighted by molar-refractivity contribution is 0.0655. The molecule has 0 unspecified atom stereocenters. The summed E-state index contributed by atoms with van der Waals surface area (Å²) in [5.41, 5.74) is 1.04. The fourth-order valence-electron chi connectivity index (χ4n) is 2.64. The molecule has 1 aliphatic rings. The number of aromatic carboxylic acids is 1. The fraction of sp³-hybridized carbons (Fsp3) is 0.562. The smallest absolute Gasteiger partial charge is 0.338 e. The molecule has 1 aromatic rings. The molecule has 116 valence electrons. The number of nitrogens with one attached hydrogen (secondary N) is 1. The van der Waals surface area contributed by atoms with Gasteiger partial charge < -0.3 is 15.2 Å². The van der Waals surface area contributed by atoms with Crippen LogP contribution in [0.15, 0.2) is 23.1 Å². The Kier molecular flexibility index (Phi) is 6.39. The molecule has 5 heteroatoms. The van der Waals surface area contributed by atoms with Gasteiger partial charge in [-0.25, -0.2) is 4.79 Å². The van der Waals surface area contributed by atoms with E-state index < -0.39 is 5.97 Å². The van der Waals surface area contributed by atoms with Crippen molar-refractivity contribution in [3.8, 4) is 0 Å². The number of hydrogen-bond donors (Lipinski definition) is 2. The van der Waals surface area contributed by atoms with Crippen molar-refractivity contribution in [1.82, 2.24) is 0 Å². The van der Waals surface area contributed by atoms with Gasteiger partial charge in [0.1, 0.15) is 0 Å². The molecule has 0 saturated heterocycles. The van der Waals surface area contributed by atoms with Gasteiger partial charge in [0.05, 0.1) is 18.3 Å². The maximum absolute atomic E-state index is 11.5. The zero-order valence-electron chi connectivity index (χ0n) is 12.4. The summed E-state index contributed by atoms with van der Waals surface area (Å²) in [6, 6.07) is 5.57. The van der Waals surface area contributed by atoms with Gasteiger partial charge in [0.25, 0.3) is 0 Å². The molecule has 2 N–H and O–H groups in total. The summed E-state index contributed by atoms with van der Waals surface area (Å²) in [5.74, 6) is -0.0279. The summed E-state index contributed by atoms with van der Waals surface area (Å²) in [5, 5.41) is 12.6. The summed E-state index contributed by atoms with van der Waals surface area (Å²) in [7, 11) is 0. The van der Waals surface area contributed by atoms with E-state index in [-0.39, 0.29) is 0 Å². The number of hydrogen-bond acceptors (Lipinski definition) is 4. The molecule has 0 amide bonds. The van der Waals surface area contributed by atoms with E-state index in [9.17, 15) is 9.90 Å². The molecule has 1 saturated carbocycles. The van der Waals surface area contributed by atoms with Crippen molar-refractivity contribution in [2.24, 2.45) is 0 Å². The zero-order chi connectivity index (χ0) is 15.1. The number of carboxylic acid groups (broad SMARTS) is 1. The molecular weight excluding hydrogens is 286 g/mol. The minimum Gasteiger partial charge on any atom is -0.478 e. The average molecular weight is 309 g/mol. The quantitative estimate of drug-likeness (QED) is 0.564. The predicted molar refractivity (Wildman–Crippen MR) is 86.5 cm³/mol. The second-order valence-corrected chi connectivity index (χ2v) is 6.43. The maximum atomic E-state index is 11.5. The Balaban J connectivity index is 1.92. The van der Waals surface area contributed by atoms with E-state index in [1.54, 1.807) is 11.8 Å². The van der Waals surface area contributed by atoms with Crippen molar-refractivity contribution in [3.63, 3.8) is 0 Å². The lowest BCUT2D eigenvalue weighted by Gasteiger charge is -2.15. The Bertz CT molecular complexity index is 473. The van der Waals surface area contributed by atoms with Crippen molar-refractivity contribution < 1.29 is 14.6 Å². The molecule has 1 fully saturated rings. The fourth-order valence-corrected chi connectivity index (χ4v) is 3.47. The van der Waals surface area contributed by atoms with Crippen LogP contribution in [0.3, 0.4) is 0 Å². The van der Waals surface area contributed by atoms with Crippen molar-refractivity contribution in [2.45, 2.75) is 43.6 Å². The molecule has 0 aromatic heterocycles. The number of anilines is 1. The zero-order valence-corrected chi connectivity index (χ0v) is 13.2. The van der Waals surface area contributed by atoms with Gasteiger partial charge in [-0.3, -0.25) is 0 Å². The topological polar surface area (TPSA) is 58.6 Å². The minimum atomic E-state index is -0.884. The van der Waals surface area contributed by atoms with E-state index in [1.807, 2.05) is 25.1 Å². The molecule has 0 radical (unpaired) electrons. The predicted octanol–water partition coefficient (Wildman–Crippen LogP) is 3.87. The van der Waals surface area contributed by atoms with E-state index in [0.29, 0.717) is 30.5 Å². The molecule has 0 aliphatic heterocycles. The van der Waals surface area contributed by atoms with Gasteiger partial charge in [0, 0.05) is 17.1 Å². The van der Waals surface area contributed by atoms with Gasteiger partial charge in [0.15, 0.2) is 0 Å². The van der Waals surface area contributed by atoms with Crippen LogP contribution in [0.25, 0.3) is 0 Å². The first-order valence-corrected chi connectivity index (χ1v) is 8.55. The number of ether oxygens (including phenoxy) is 1. The molecule has 4 nitrogen and oxygen atoms in total. The van der Waals surface area contributed by atoms with Crippen LogP contribution >= 0.6 is 11.8 Å². The van der Waals surface area contributed by atoms with Crippen LogP contribution in [0.2, 0.25) is 0 Å². The van der Waals surface area contributed by atoms with Crippen molar-refractivity contribution in [2.75, 3.05) is 24.2 Å². The SMILES string of the molecule is CCSc1cccc(NCCOC2CCCC2)c1C(=O)O. The van der Waals surface area contributed by atoms with Gasteiger partial charge >= 0.3 is 5.97 Å². The minimum absolute atomic E-state index is 0.366. The van der Waals surface area contributed by atoms with Crippen LogP contribution in [0.1, 0.15) is 43.0 Å². The van der Waals surface area contributed by atoms with Crippen LogP contribution in [0.4, 0.5) is 5.69 Å². The van der Waals surface area contributed by atoms with E-state index in [4.69, 9.17) is 4.74 Å². The van der Waals surface area contributed by atoms with Gasteiger partial charge in [0.2, 0.25) is 0 Å². The maximum Gasteiger partial charge on any atom is 0.338 e. The molecule has 0 heterocycles. The first kappa shape index (κ1) is 16.2. The third kappa shape index (κ3) is 4.64. The van der Waals surface area contributed by atoms with E-state index in [0.717, 1.165) is 23.5 Å². The third-order valence-electron chi connectivity index (χ3n) is 3.61. The molecule has 0 bridgehead atoms. The third-order valence-corrected chi connectivity index (χ3v) is 4.55. The number of rotatable bonds is 8. The summed E-state index contributed by atoms with van der Waals surface area (Å²) in [4.78, 5) is 12.3. The highest BCUT2D eigenvalue weighted by molar-refractivity contribution is 7.99. The molecule has 1 aliphatic carbocycles. The average Bonchev–Trinajstić information content (AvgIpc) is 2.97. The summed E-state index contributed by atoms with van der Waals surface area (Å²) >= 11 is 1.55. The Hall–Kier alpha value is -1.20. The van der Waals surface area contributed by atoms with E-state index in [1.165, 1.54) is 12.8 Å².